The second-order valence-electron chi connectivity index (χ2n) is 3.67. The first kappa shape index (κ1) is 14.3. The molecule has 1 aromatic rings. The van der Waals surface area contributed by atoms with E-state index in [0.29, 0.717) is 4.90 Å². The SMILES string of the molecule is CCN(CC(F)(F)F)C(=O)OCc1ccccc1. The number of carbonyl (C=O) groups excluding carboxylic acids is 1. The molecule has 0 N–H and O–H groups in total. The molecule has 1 rings (SSSR count). The predicted octanol–water partition coefficient (Wildman–Crippen LogP) is 3.21. The molecule has 18 heavy (non-hydrogen) atoms. The summed E-state index contributed by atoms with van der Waals surface area (Å²) in [7, 11) is 0. The monoisotopic (exact) mass is 261 g/mol. The largest absolute Gasteiger partial charge is 0.445 e. The van der Waals surface area contributed by atoms with Crippen LogP contribution in [0.4, 0.5) is 18.0 Å². The molecule has 0 bridgehead atoms. The zero-order chi connectivity index (χ0) is 13.6. The Bertz CT molecular complexity index is 379. The first-order valence-electron chi connectivity index (χ1n) is 5.44. The molecular formula is C12H14F3NO2. The maximum atomic E-state index is 12.2. The summed E-state index contributed by atoms with van der Waals surface area (Å²) >= 11 is 0. The average molecular weight is 261 g/mol. The van der Waals surface area contributed by atoms with E-state index in [1.807, 2.05) is 0 Å². The number of nitrogens with zero attached hydrogens (tertiary/aromatic N) is 1. The summed E-state index contributed by atoms with van der Waals surface area (Å²) in [4.78, 5) is 12.0. The molecule has 0 unspecified atom stereocenters. The lowest BCUT2D eigenvalue weighted by molar-refractivity contribution is -0.142. The number of amides is 1. The van der Waals surface area contributed by atoms with Crippen molar-refractivity contribution in [3.63, 3.8) is 0 Å². The molecule has 0 saturated heterocycles. The summed E-state index contributed by atoms with van der Waals surface area (Å²) in [6.07, 6.45) is -5.37. The molecule has 0 spiro atoms. The first-order chi connectivity index (χ1) is 8.42. The van der Waals surface area contributed by atoms with E-state index in [-0.39, 0.29) is 13.2 Å². The Labute approximate surface area is 103 Å². The third-order valence-electron chi connectivity index (χ3n) is 2.22. The van der Waals surface area contributed by atoms with Gasteiger partial charge in [-0.15, -0.1) is 0 Å². The summed E-state index contributed by atoms with van der Waals surface area (Å²) in [5, 5.41) is 0. The third kappa shape index (κ3) is 5.07. The first-order valence-corrected chi connectivity index (χ1v) is 5.44. The highest BCUT2D eigenvalue weighted by Crippen LogP contribution is 2.17. The second-order valence-corrected chi connectivity index (χ2v) is 3.67. The molecule has 0 aliphatic carbocycles. The number of hydrogen-bond donors (Lipinski definition) is 0. The van der Waals surface area contributed by atoms with Crippen LogP contribution >= 0.6 is 0 Å². The maximum Gasteiger partial charge on any atom is 0.410 e. The Hall–Kier alpha value is -1.72. The van der Waals surface area contributed by atoms with Gasteiger partial charge in [0.2, 0.25) is 0 Å². The van der Waals surface area contributed by atoms with Crippen molar-refractivity contribution in [3.8, 4) is 0 Å². The molecule has 1 amide bonds. The molecule has 0 radical (unpaired) electrons. The third-order valence-corrected chi connectivity index (χ3v) is 2.22. The summed E-state index contributed by atoms with van der Waals surface area (Å²) in [6, 6.07) is 8.78. The number of carbonyl (C=O) groups is 1. The van der Waals surface area contributed by atoms with Gasteiger partial charge in [0, 0.05) is 6.54 Å². The van der Waals surface area contributed by atoms with Crippen molar-refractivity contribution in [1.82, 2.24) is 4.90 Å². The number of ether oxygens (including phenoxy) is 1. The van der Waals surface area contributed by atoms with E-state index >= 15 is 0 Å². The lowest BCUT2D eigenvalue weighted by Gasteiger charge is -2.21. The van der Waals surface area contributed by atoms with Crippen LogP contribution in [0.5, 0.6) is 0 Å². The normalized spacial score (nSPS) is 11.1. The van der Waals surface area contributed by atoms with Crippen LogP contribution < -0.4 is 0 Å². The molecular weight excluding hydrogens is 247 g/mol. The minimum Gasteiger partial charge on any atom is -0.445 e. The van der Waals surface area contributed by atoms with Crippen LogP contribution in [0, 0.1) is 0 Å². The van der Waals surface area contributed by atoms with Crippen LogP contribution in [0.3, 0.4) is 0 Å². The molecule has 0 saturated carbocycles. The standard InChI is InChI=1S/C12H14F3NO2/c1-2-16(9-12(13,14)15)11(17)18-8-10-6-4-3-5-7-10/h3-7H,2,8-9H2,1H3. The molecule has 3 nitrogen and oxygen atoms in total. The molecule has 0 aromatic heterocycles. The fourth-order valence-electron chi connectivity index (χ4n) is 1.33. The fourth-order valence-corrected chi connectivity index (χ4v) is 1.33. The molecule has 100 valence electrons. The van der Waals surface area contributed by atoms with Gasteiger partial charge in [-0.25, -0.2) is 4.79 Å². The van der Waals surface area contributed by atoms with Gasteiger partial charge in [-0.3, -0.25) is 4.90 Å². The Morgan fingerprint density at radius 3 is 2.39 bits per heavy atom. The van der Waals surface area contributed by atoms with Gasteiger partial charge < -0.3 is 4.74 Å². The van der Waals surface area contributed by atoms with Crippen molar-refractivity contribution in [1.29, 1.82) is 0 Å². The van der Waals surface area contributed by atoms with Gasteiger partial charge in [0.25, 0.3) is 0 Å². The summed E-state index contributed by atoms with van der Waals surface area (Å²) < 4.78 is 41.3. The van der Waals surface area contributed by atoms with Crippen LogP contribution in [-0.4, -0.2) is 30.3 Å². The van der Waals surface area contributed by atoms with E-state index in [1.165, 1.54) is 6.92 Å². The average Bonchev–Trinajstić information content (AvgIpc) is 2.33. The molecule has 1 aromatic carbocycles. The topological polar surface area (TPSA) is 29.5 Å². The number of benzene rings is 1. The van der Waals surface area contributed by atoms with Crippen molar-refractivity contribution in [2.24, 2.45) is 0 Å². The maximum absolute atomic E-state index is 12.2. The highest BCUT2D eigenvalue weighted by Gasteiger charge is 2.32. The van der Waals surface area contributed by atoms with Gasteiger partial charge in [0.15, 0.2) is 0 Å². The lowest BCUT2D eigenvalue weighted by atomic mass is 10.2. The van der Waals surface area contributed by atoms with Gasteiger partial charge in [-0.05, 0) is 12.5 Å². The van der Waals surface area contributed by atoms with E-state index in [0.717, 1.165) is 5.56 Å². The smallest absolute Gasteiger partial charge is 0.410 e. The van der Waals surface area contributed by atoms with Crippen molar-refractivity contribution in [2.45, 2.75) is 19.7 Å². The quantitative estimate of drug-likeness (QED) is 0.833. The summed E-state index contributed by atoms with van der Waals surface area (Å²) in [5.74, 6) is 0. The minimum atomic E-state index is -4.41. The Morgan fingerprint density at radius 2 is 1.89 bits per heavy atom. The van der Waals surface area contributed by atoms with E-state index in [9.17, 15) is 18.0 Å². The van der Waals surface area contributed by atoms with Crippen molar-refractivity contribution in [2.75, 3.05) is 13.1 Å². The predicted molar refractivity (Wildman–Crippen MR) is 59.9 cm³/mol. The van der Waals surface area contributed by atoms with E-state index < -0.39 is 18.8 Å². The van der Waals surface area contributed by atoms with Gasteiger partial charge in [-0.2, -0.15) is 13.2 Å². The van der Waals surface area contributed by atoms with Gasteiger partial charge in [-0.1, -0.05) is 30.3 Å². The van der Waals surface area contributed by atoms with Crippen LogP contribution in [0.15, 0.2) is 30.3 Å². The minimum absolute atomic E-state index is 0.0337. The molecule has 0 heterocycles. The highest BCUT2D eigenvalue weighted by molar-refractivity contribution is 5.67. The van der Waals surface area contributed by atoms with Crippen molar-refractivity contribution >= 4 is 6.09 Å². The Morgan fingerprint density at radius 1 is 1.28 bits per heavy atom. The van der Waals surface area contributed by atoms with Gasteiger partial charge in [0.05, 0.1) is 0 Å². The number of halogens is 3. The number of rotatable bonds is 4. The second kappa shape index (κ2) is 6.28. The lowest BCUT2D eigenvalue weighted by Crippen LogP contribution is -2.39. The van der Waals surface area contributed by atoms with E-state index in [4.69, 9.17) is 4.74 Å². The number of alkyl halides is 3. The zero-order valence-electron chi connectivity index (χ0n) is 9.91. The van der Waals surface area contributed by atoms with Crippen molar-refractivity contribution in [3.05, 3.63) is 35.9 Å². The van der Waals surface area contributed by atoms with Gasteiger partial charge in [0.1, 0.15) is 13.2 Å². The van der Waals surface area contributed by atoms with Crippen molar-refractivity contribution < 1.29 is 22.7 Å². The molecule has 0 fully saturated rings. The molecule has 0 aliphatic heterocycles. The Balaban J connectivity index is 2.48. The van der Waals surface area contributed by atoms with Gasteiger partial charge >= 0.3 is 12.3 Å². The number of hydrogen-bond acceptors (Lipinski definition) is 2. The molecule has 0 aliphatic rings. The summed E-state index contributed by atoms with van der Waals surface area (Å²) in [5.41, 5.74) is 0.730. The summed E-state index contributed by atoms with van der Waals surface area (Å²) in [6.45, 7) is 0.0911. The van der Waals surface area contributed by atoms with Crippen LogP contribution in [0.2, 0.25) is 0 Å². The van der Waals surface area contributed by atoms with E-state index in [2.05, 4.69) is 0 Å². The van der Waals surface area contributed by atoms with Crippen LogP contribution in [-0.2, 0) is 11.3 Å². The molecule has 6 heteroatoms. The molecule has 0 atom stereocenters. The van der Waals surface area contributed by atoms with Crippen LogP contribution in [0.1, 0.15) is 12.5 Å². The fraction of sp³-hybridized carbons (Fsp3) is 0.417. The Kier molecular flexibility index (Phi) is 5.00. The van der Waals surface area contributed by atoms with Crippen LogP contribution in [0.25, 0.3) is 0 Å². The zero-order valence-corrected chi connectivity index (χ0v) is 9.91. The highest BCUT2D eigenvalue weighted by atomic mass is 19.4. The van der Waals surface area contributed by atoms with E-state index in [1.54, 1.807) is 30.3 Å².